The molecule has 2 atom stereocenters. The molecule has 2 aromatic heterocycles. The van der Waals surface area contributed by atoms with Gasteiger partial charge in [-0.15, -0.1) is 0 Å². The summed E-state index contributed by atoms with van der Waals surface area (Å²) >= 11 is 6.40. The molecule has 0 saturated carbocycles. The van der Waals surface area contributed by atoms with Crippen LogP contribution in [0.3, 0.4) is 0 Å². The number of amides is 1. The highest BCUT2D eigenvalue weighted by molar-refractivity contribution is 6.32. The van der Waals surface area contributed by atoms with Crippen molar-refractivity contribution in [1.82, 2.24) is 20.3 Å². The average molecular weight is 593 g/mol. The quantitative estimate of drug-likeness (QED) is 0.204. The monoisotopic (exact) mass is 592 g/mol. The summed E-state index contributed by atoms with van der Waals surface area (Å²) in [5.74, 6) is 1.10. The fourth-order valence-corrected chi connectivity index (χ4v) is 6.11. The van der Waals surface area contributed by atoms with Crippen molar-refractivity contribution < 1.29 is 4.79 Å². The lowest BCUT2D eigenvalue weighted by molar-refractivity contribution is -0.117. The predicted molar refractivity (Wildman–Crippen MR) is 169 cm³/mol. The lowest BCUT2D eigenvalue weighted by Crippen LogP contribution is -2.34. The molecule has 0 aliphatic carbocycles. The highest BCUT2D eigenvalue weighted by Crippen LogP contribution is 2.33. The van der Waals surface area contributed by atoms with Gasteiger partial charge in [0.15, 0.2) is 5.82 Å². The topological polar surface area (TPSA) is 128 Å². The van der Waals surface area contributed by atoms with E-state index in [0.717, 1.165) is 77.1 Å². The molecule has 2 unspecified atom stereocenters. The van der Waals surface area contributed by atoms with E-state index >= 15 is 0 Å². The average Bonchev–Trinajstić information content (AvgIpc) is 3.02. The van der Waals surface area contributed by atoms with Crippen molar-refractivity contribution in [2.45, 2.75) is 51.5 Å². The summed E-state index contributed by atoms with van der Waals surface area (Å²) in [6.07, 6.45) is 9.53. The molecule has 2 aromatic carbocycles. The van der Waals surface area contributed by atoms with Crippen LogP contribution in [-0.2, 0) is 24.1 Å². The zero-order valence-electron chi connectivity index (χ0n) is 24.0. The van der Waals surface area contributed by atoms with Gasteiger partial charge in [-0.1, -0.05) is 36.7 Å². The van der Waals surface area contributed by atoms with Gasteiger partial charge >= 0.3 is 0 Å². The number of benzene rings is 2. The van der Waals surface area contributed by atoms with E-state index < -0.39 is 0 Å². The number of aromatic nitrogens is 3. The number of aryl methyl sites for hydroxylation is 3. The minimum absolute atomic E-state index is 0.00954. The normalized spacial score (nSPS) is 17.6. The van der Waals surface area contributed by atoms with Gasteiger partial charge in [0.2, 0.25) is 11.9 Å². The van der Waals surface area contributed by atoms with Gasteiger partial charge in [-0.3, -0.25) is 9.78 Å². The second-order valence-electron chi connectivity index (χ2n) is 11.1. The van der Waals surface area contributed by atoms with Crippen LogP contribution in [0.4, 0.5) is 28.8 Å². The maximum atomic E-state index is 13.4. The minimum atomic E-state index is -0.00954. The fraction of sp³-hybridized carbons (Fsp3) is 0.303. The van der Waals surface area contributed by atoms with Crippen LogP contribution in [0.2, 0.25) is 5.02 Å². The molecule has 2 aliphatic rings. The van der Waals surface area contributed by atoms with E-state index in [4.69, 9.17) is 11.6 Å². The summed E-state index contributed by atoms with van der Waals surface area (Å²) in [7, 11) is 0. The summed E-state index contributed by atoms with van der Waals surface area (Å²) in [5, 5.41) is 23.5. The van der Waals surface area contributed by atoms with Crippen LogP contribution in [0.5, 0.6) is 0 Å². The molecule has 10 heteroatoms. The Labute approximate surface area is 256 Å². The molecular formula is C33H33ClN8O. The van der Waals surface area contributed by atoms with Crippen LogP contribution in [0.15, 0.2) is 61.1 Å². The summed E-state index contributed by atoms with van der Waals surface area (Å²) in [6.45, 7) is 2.88. The van der Waals surface area contributed by atoms with Crippen LogP contribution in [-0.4, -0.2) is 27.4 Å². The number of rotatable bonds is 5. The molecule has 9 nitrogen and oxygen atoms in total. The number of anilines is 5. The van der Waals surface area contributed by atoms with Crippen LogP contribution in [0, 0.1) is 17.2 Å². The zero-order valence-corrected chi connectivity index (χ0v) is 24.7. The van der Waals surface area contributed by atoms with Crippen molar-refractivity contribution in [3.8, 4) is 6.07 Å². The van der Waals surface area contributed by atoms with Gasteiger partial charge in [-0.2, -0.15) is 10.2 Å². The van der Waals surface area contributed by atoms with Crippen molar-refractivity contribution in [2.24, 2.45) is 5.92 Å². The number of nitriles is 1. The zero-order chi connectivity index (χ0) is 29.8. The molecule has 218 valence electrons. The molecule has 6 rings (SSSR count). The largest absolute Gasteiger partial charge is 0.339 e. The Bertz CT molecular complexity index is 1700. The minimum Gasteiger partial charge on any atom is -0.339 e. The molecule has 4 heterocycles. The van der Waals surface area contributed by atoms with E-state index in [1.807, 2.05) is 48.7 Å². The van der Waals surface area contributed by atoms with Crippen LogP contribution in [0.25, 0.3) is 0 Å². The van der Waals surface area contributed by atoms with Crippen LogP contribution in [0.1, 0.15) is 60.0 Å². The lowest BCUT2D eigenvalue weighted by atomic mass is 9.84. The first-order valence-electron chi connectivity index (χ1n) is 14.7. The number of hydrogen-bond acceptors (Lipinski definition) is 8. The number of carbonyl (C=O) groups excluding carboxylic acids is 1. The smallest absolute Gasteiger partial charge is 0.229 e. The first-order chi connectivity index (χ1) is 21.0. The Kier molecular flexibility index (Phi) is 8.50. The fourth-order valence-electron chi connectivity index (χ4n) is 5.98. The van der Waals surface area contributed by atoms with E-state index in [0.29, 0.717) is 29.6 Å². The van der Waals surface area contributed by atoms with Gasteiger partial charge < -0.3 is 21.3 Å². The number of pyridine rings is 1. The second-order valence-corrected chi connectivity index (χ2v) is 11.5. The number of piperidine rings is 1. The van der Waals surface area contributed by atoms with Crippen molar-refractivity contribution >= 4 is 46.3 Å². The third-order valence-corrected chi connectivity index (χ3v) is 8.43. The standard InChI is InChI=1S/C33H33ClN8O/c1-2-22-4-3-5-26(27(22)16-35)30-13-20(10-11-37-30)14-31(43)41-29-9-8-24-15-23(29)7-6-21-12-25(18-36-17-21)40-33-38-19-28(34)32(39-24)42-33/h3-5,8-9,12,15,17-20,30,37H,2,6-7,10-11,13-14H2,1H3,(H,41,43)(H2,38,39,40,42). The van der Waals surface area contributed by atoms with Crippen LogP contribution >= 0.6 is 11.6 Å². The Hall–Kier alpha value is -4.52. The van der Waals surface area contributed by atoms with Crippen LogP contribution < -0.4 is 21.3 Å². The van der Waals surface area contributed by atoms with Crippen molar-refractivity contribution in [2.75, 3.05) is 22.5 Å². The Balaban J connectivity index is 1.20. The Morgan fingerprint density at radius 2 is 2.02 bits per heavy atom. The number of nitrogens with zero attached hydrogens (tertiary/aromatic N) is 4. The highest BCUT2D eigenvalue weighted by Gasteiger charge is 2.27. The van der Waals surface area contributed by atoms with E-state index in [1.165, 1.54) is 0 Å². The first-order valence-corrected chi connectivity index (χ1v) is 15.1. The molecule has 1 saturated heterocycles. The van der Waals surface area contributed by atoms with E-state index in [-0.39, 0.29) is 17.9 Å². The lowest BCUT2D eigenvalue weighted by Gasteiger charge is -2.31. The molecule has 0 radical (unpaired) electrons. The molecule has 6 bridgehead atoms. The number of fused-ring (bicyclic) bond motifs is 6. The van der Waals surface area contributed by atoms with E-state index in [1.54, 1.807) is 12.4 Å². The van der Waals surface area contributed by atoms with E-state index in [9.17, 15) is 10.1 Å². The number of halogens is 1. The predicted octanol–water partition coefficient (Wildman–Crippen LogP) is 6.61. The van der Waals surface area contributed by atoms with Crippen molar-refractivity contribution in [1.29, 1.82) is 5.26 Å². The molecule has 4 aromatic rings. The Morgan fingerprint density at radius 3 is 2.88 bits per heavy atom. The highest BCUT2D eigenvalue weighted by atomic mass is 35.5. The molecular weight excluding hydrogens is 560 g/mol. The number of hydrogen-bond donors (Lipinski definition) is 4. The van der Waals surface area contributed by atoms with Crippen molar-refractivity contribution in [3.63, 3.8) is 0 Å². The third-order valence-electron chi connectivity index (χ3n) is 8.16. The maximum Gasteiger partial charge on any atom is 0.229 e. The summed E-state index contributed by atoms with van der Waals surface area (Å²) in [5.41, 5.74) is 7.30. The van der Waals surface area contributed by atoms with Gasteiger partial charge in [0.1, 0.15) is 5.02 Å². The summed E-state index contributed by atoms with van der Waals surface area (Å²) in [4.78, 5) is 26.6. The summed E-state index contributed by atoms with van der Waals surface area (Å²) < 4.78 is 0. The van der Waals surface area contributed by atoms with Gasteiger partial charge in [0.05, 0.1) is 29.7 Å². The second kappa shape index (κ2) is 12.8. The molecule has 1 fully saturated rings. The van der Waals surface area contributed by atoms with Crippen molar-refractivity contribution in [3.05, 3.63) is 93.9 Å². The van der Waals surface area contributed by atoms with E-state index in [2.05, 4.69) is 49.2 Å². The molecule has 1 amide bonds. The van der Waals surface area contributed by atoms with Gasteiger partial charge in [0.25, 0.3) is 0 Å². The first kappa shape index (κ1) is 28.6. The molecule has 4 N–H and O–H groups in total. The SMILES string of the molecule is CCc1cccc(C2CC(CC(=O)Nc3ccc4cc3CCc3cncc(c3)Nc3ncc(Cl)c(n3)N4)CCN2)c1C#N. The Morgan fingerprint density at radius 1 is 1.12 bits per heavy atom. The maximum absolute atomic E-state index is 13.4. The molecule has 2 aliphatic heterocycles. The molecule has 0 spiro atoms. The van der Waals surface area contributed by atoms with Gasteiger partial charge in [-0.05, 0) is 91.1 Å². The number of nitrogens with one attached hydrogen (secondary N) is 4. The van der Waals surface area contributed by atoms with Gasteiger partial charge in [-0.25, -0.2) is 4.98 Å². The third kappa shape index (κ3) is 6.61. The molecule has 43 heavy (non-hydrogen) atoms. The van der Waals surface area contributed by atoms with Gasteiger partial charge in [0, 0.05) is 30.0 Å². The number of carbonyl (C=O) groups is 1. The summed E-state index contributed by atoms with van der Waals surface area (Å²) in [6, 6.07) is 16.5.